The Morgan fingerprint density at radius 1 is 1.23 bits per heavy atom. The van der Waals surface area contributed by atoms with Gasteiger partial charge >= 0.3 is 0 Å². The van der Waals surface area contributed by atoms with E-state index in [0.29, 0.717) is 16.0 Å². The fourth-order valence-electron chi connectivity index (χ4n) is 2.59. The van der Waals surface area contributed by atoms with Crippen LogP contribution in [0.1, 0.15) is 47.1 Å². The summed E-state index contributed by atoms with van der Waals surface area (Å²) in [5.74, 6) is 0.950. The quantitative estimate of drug-likeness (QED) is 0.331. The van der Waals surface area contributed by atoms with Crippen LogP contribution in [0.3, 0.4) is 0 Å². The maximum Gasteiger partial charge on any atom is 0.129 e. The third-order valence-electron chi connectivity index (χ3n) is 3.72. The van der Waals surface area contributed by atoms with Gasteiger partial charge in [-0.05, 0) is 37.5 Å². The summed E-state index contributed by atoms with van der Waals surface area (Å²) in [6.07, 6.45) is 0. The summed E-state index contributed by atoms with van der Waals surface area (Å²) in [5, 5.41) is 18.8. The van der Waals surface area contributed by atoms with Gasteiger partial charge in [0.25, 0.3) is 0 Å². The van der Waals surface area contributed by atoms with E-state index in [0.717, 1.165) is 28.5 Å². The van der Waals surface area contributed by atoms with Crippen molar-refractivity contribution in [2.24, 2.45) is 16.1 Å². The molecule has 1 rings (SSSR count). The molecule has 0 radical (unpaired) electrons. The molecule has 0 unspecified atom stereocenters. The van der Waals surface area contributed by atoms with E-state index in [-0.39, 0.29) is 5.92 Å². The molecule has 0 atom stereocenters. The number of rotatable bonds is 8. The Balaban J connectivity index is 3.59. The zero-order valence-corrected chi connectivity index (χ0v) is 18.1. The highest BCUT2D eigenvalue weighted by atomic mass is 35.5. The summed E-state index contributed by atoms with van der Waals surface area (Å²) >= 11 is 7.76. The molecule has 0 aliphatic heterocycles. The molecule has 0 saturated heterocycles. The zero-order chi connectivity index (χ0) is 19.9. The maximum atomic E-state index is 8.86. The van der Waals surface area contributed by atoms with Gasteiger partial charge in [-0.3, -0.25) is 5.41 Å². The van der Waals surface area contributed by atoms with Crippen LogP contribution in [0.25, 0.3) is 0 Å². The molecule has 6 heteroatoms. The number of halogens is 1. The number of benzene rings is 1. The van der Waals surface area contributed by atoms with Gasteiger partial charge < -0.3 is 4.90 Å². The Labute approximate surface area is 166 Å². The van der Waals surface area contributed by atoms with Crippen LogP contribution in [-0.2, 0) is 0 Å². The fourth-order valence-corrected chi connectivity index (χ4v) is 4.01. The minimum atomic E-state index is 0.179. The number of thioether (sulfide) groups is 1. The Kier molecular flexibility index (Phi) is 9.09. The van der Waals surface area contributed by atoms with Gasteiger partial charge in [0.2, 0.25) is 0 Å². The Hall–Kier alpha value is -1.59. The maximum absolute atomic E-state index is 8.86. The van der Waals surface area contributed by atoms with Crippen molar-refractivity contribution in [2.45, 2.75) is 46.8 Å². The number of nitrogens with zero attached hydrogens (tertiary/aromatic N) is 3. The van der Waals surface area contributed by atoms with Gasteiger partial charge in [0, 0.05) is 29.1 Å². The highest BCUT2D eigenvalue weighted by Crippen LogP contribution is 2.33. The molecule has 0 bridgehead atoms. The van der Waals surface area contributed by atoms with Gasteiger partial charge in [-0.15, -0.1) is 16.9 Å². The molecule has 0 aromatic heterocycles. The lowest BCUT2D eigenvalue weighted by Crippen LogP contribution is -2.30. The monoisotopic (exact) mass is 392 g/mol. The standard InChI is InChI=1S/C20H29ClN4S/c1-8-25(15(6)24-23-7)20(26-14(4)5)18(13(2)3)19(22)16-9-11-17(21)12-10-16/h9-14,22H,7-8H2,1-6H3/b20-18+,22-19?,24-15-. The number of amidine groups is 1. The molecule has 0 saturated carbocycles. The van der Waals surface area contributed by atoms with E-state index in [4.69, 9.17) is 17.0 Å². The Bertz CT molecular complexity index is 690. The molecule has 0 fully saturated rings. The first-order valence-electron chi connectivity index (χ1n) is 8.76. The van der Waals surface area contributed by atoms with E-state index in [1.807, 2.05) is 31.2 Å². The molecular formula is C20H29ClN4S. The third kappa shape index (κ3) is 5.99. The normalized spacial score (nSPS) is 13.0. The number of nitrogens with one attached hydrogen (secondary N) is 1. The number of hydrogen-bond acceptors (Lipinski definition) is 4. The summed E-state index contributed by atoms with van der Waals surface area (Å²) < 4.78 is 0. The van der Waals surface area contributed by atoms with Crippen molar-refractivity contribution in [3.63, 3.8) is 0 Å². The lowest BCUT2D eigenvalue weighted by Gasteiger charge is -2.30. The SMILES string of the molecule is C=N/N=C(/C)N(CC)/C(SC(C)C)=C(\C(=N)c1ccc(Cl)cc1)C(C)C. The van der Waals surface area contributed by atoms with E-state index in [2.05, 4.69) is 56.4 Å². The summed E-state index contributed by atoms with van der Waals surface area (Å²) in [6.45, 7) is 16.7. The summed E-state index contributed by atoms with van der Waals surface area (Å²) in [4.78, 5) is 2.11. The molecule has 0 spiro atoms. The molecule has 0 aliphatic rings. The van der Waals surface area contributed by atoms with Crippen LogP contribution < -0.4 is 0 Å². The van der Waals surface area contributed by atoms with Crippen LogP contribution >= 0.6 is 23.4 Å². The molecule has 0 amide bonds. The largest absolute Gasteiger partial charge is 0.323 e. The molecule has 26 heavy (non-hydrogen) atoms. The molecule has 1 aromatic rings. The summed E-state index contributed by atoms with van der Waals surface area (Å²) in [5.41, 5.74) is 2.36. The predicted octanol–water partition coefficient (Wildman–Crippen LogP) is 6.07. The van der Waals surface area contributed by atoms with Crippen LogP contribution in [0.15, 0.2) is 45.1 Å². The lowest BCUT2D eigenvalue weighted by atomic mass is 9.94. The Morgan fingerprint density at radius 2 is 1.81 bits per heavy atom. The van der Waals surface area contributed by atoms with Crippen molar-refractivity contribution in [3.8, 4) is 0 Å². The molecule has 142 valence electrons. The first kappa shape index (κ1) is 22.5. The van der Waals surface area contributed by atoms with Gasteiger partial charge in [0.15, 0.2) is 0 Å². The second-order valence-corrected chi connectivity index (χ2v) is 8.46. The number of hydrogen-bond donors (Lipinski definition) is 1. The van der Waals surface area contributed by atoms with E-state index in [1.54, 1.807) is 11.8 Å². The fraction of sp³-hybridized carbons (Fsp3) is 0.450. The average molecular weight is 393 g/mol. The van der Waals surface area contributed by atoms with Gasteiger partial charge in [0.05, 0.1) is 10.7 Å². The average Bonchev–Trinajstić information content (AvgIpc) is 2.55. The minimum Gasteiger partial charge on any atom is -0.323 e. The van der Waals surface area contributed by atoms with Crippen LogP contribution in [0, 0.1) is 11.3 Å². The summed E-state index contributed by atoms with van der Waals surface area (Å²) in [7, 11) is 0. The smallest absolute Gasteiger partial charge is 0.129 e. The minimum absolute atomic E-state index is 0.179. The van der Waals surface area contributed by atoms with E-state index >= 15 is 0 Å². The van der Waals surface area contributed by atoms with E-state index < -0.39 is 0 Å². The van der Waals surface area contributed by atoms with Crippen molar-refractivity contribution in [2.75, 3.05) is 6.54 Å². The van der Waals surface area contributed by atoms with Crippen LogP contribution in [0.5, 0.6) is 0 Å². The topological polar surface area (TPSA) is 51.8 Å². The van der Waals surface area contributed by atoms with Gasteiger partial charge in [-0.25, -0.2) is 0 Å². The van der Waals surface area contributed by atoms with Gasteiger partial charge in [-0.2, -0.15) is 5.10 Å². The summed E-state index contributed by atoms with van der Waals surface area (Å²) in [6, 6.07) is 7.44. The molecular weight excluding hydrogens is 364 g/mol. The van der Waals surface area contributed by atoms with Gasteiger partial charge in [-0.1, -0.05) is 51.4 Å². The first-order valence-corrected chi connectivity index (χ1v) is 10.0. The molecule has 0 heterocycles. The van der Waals surface area contributed by atoms with E-state index in [9.17, 15) is 0 Å². The molecule has 0 aliphatic carbocycles. The second-order valence-electron chi connectivity index (χ2n) is 6.45. The van der Waals surface area contributed by atoms with E-state index in [1.165, 1.54) is 0 Å². The highest BCUT2D eigenvalue weighted by molar-refractivity contribution is 8.03. The second kappa shape index (κ2) is 10.5. The van der Waals surface area contributed by atoms with Crippen molar-refractivity contribution >= 4 is 41.6 Å². The third-order valence-corrected chi connectivity index (χ3v) is 5.11. The van der Waals surface area contributed by atoms with Crippen molar-refractivity contribution < 1.29 is 0 Å². The molecule has 4 nitrogen and oxygen atoms in total. The van der Waals surface area contributed by atoms with Crippen LogP contribution in [0.4, 0.5) is 0 Å². The predicted molar refractivity (Wildman–Crippen MR) is 118 cm³/mol. The van der Waals surface area contributed by atoms with Gasteiger partial charge in [0.1, 0.15) is 5.84 Å². The van der Waals surface area contributed by atoms with Crippen LogP contribution in [-0.4, -0.2) is 35.0 Å². The lowest BCUT2D eigenvalue weighted by molar-refractivity contribution is 0.558. The van der Waals surface area contributed by atoms with Crippen LogP contribution in [0.2, 0.25) is 5.02 Å². The highest BCUT2D eigenvalue weighted by Gasteiger charge is 2.24. The van der Waals surface area contributed by atoms with Crippen molar-refractivity contribution in [1.29, 1.82) is 5.41 Å². The molecule has 1 N–H and O–H groups in total. The zero-order valence-electron chi connectivity index (χ0n) is 16.5. The number of allylic oxidation sites excluding steroid dienone is 1. The first-order chi connectivity index (χ1) is 12.2. The van der Waals surface area contributed by atoms with Crippen molar-refractivity contribution in [1.82, 2.24) is 4.90 Å². The molecule has 1 aromatic carbocycles. The van der Waals surface area contributed by atoms with Crippen molar-refractivity contribution in [3.05, 3.63) is 45.5 Å². The Morgan fingerprint density at radius 3 is 2.23 bits per heavy atom.